The molecule has 14 rings (SSSR count). The quantitative estimate of drug-likeness (QED) is 0.0367. The highest BCUT2D eigenvalue weighted by molar-refractivity contribution is 6.00. The van der Waals surface area contributed by atoms with Gasteiger partial charge in [0.2, 0.25) is 0 Å². The van der Waals surface area contributed by atoms with Crippen molar-refractivity contribution in [3.05, 3.63) is 252 Å². The van der Waals surface area contributed by atoms with Gasteiger partial charge in [0, 0.05) is 129 Å². The second-order valence-electron chi connectivity index (χ2n) is 34.4. The molecule has 13 heteroatoms. The van der Waals surface area contributed by atoms with Crippen LogP contribution < -0.4 is 42.6 Å². The van der Waals surface area contributed by atoms with Gasteiger partial charge in [-0.1, -0.05) is 232 Å². The van der Waals surface area contributed by atoms with Gasteiger partial charge in [0.1, 0.15) is 58.4 Å². The third-order valence-corrected chi connectivity index (χ3v) is 26.2. The first-order valence-corrected chi connectivity index (χ1v) is 45.6. The van der Waals surface area contributed by atoms with Crippen molar-refractivity contribution in [2.24, 2.45) is 0 Å². The van der Waals surface area contributed by atoms with Gasteiger partial charge in [-0.25, -0.2) is 9.97 Å². The maximum Gasteiger partial charge on any atom is 0.133 e. The van der Waals surface area contributed by atoms with Crippen LogP contribution in [0.5, 0.6) is 51.7 Å². The smallest absolute Gasteiger partial charge is 0.133 e. The third kappa shape index (κ3) is 18.3. The number of aromatic nitrogens is 4. The Morgan fingerprint density at radius 2 is 0.532 bits per heavy atom. The van der Waals surface area contributed by atoms with Crippen molar-refractivity contribution < 1.29 is 42.6 Å². The number of aromatic amines is 2. The van der Waals surface area contributed by atoms with E-state index in [1.54, 1.807) is 0 Å². The summed E-state index contributed by atoms with van der Waals surface area (Å²) >= 11 is 0. The fourth-order valence-electron chi connectivity index (χ4n) is 20.1. The van der Waals surface area contributed by atoms with Gasteiger partial charge >= 0.3 is 0 Å². The Hall–Kier alpha value is -11.4. The molecule has 0 saturated carbocycles. The Kier molecular flexibility index (Phi) is 29.3. The monoisotopic (exact) mass is 1660 g/mol. The molecule has 2 N–H and O–H groups in total. The molecular weight excluding hydrogens is 1530 g/mol. The molecular formula is C111H130N4O9. The number of hydrogen-bond donors (Lipinski definition) is 2. The van der Waals surface area contributed by atoms with Crippen molar-refractivity contribution in [1.82, 2.24) is 19.9 Å². The molecule has 0 amide bonds. The van der Waals surface area contributed by atoms with Crippen LogP contribution >= 0.6 is 0 Å². The number of ether oxygens (including phenoxy) is 9. The average Bonchev–Trinajstić information content (AvgIpc) is 0.959. The van der Waals surface area contributed by atoms with Crippen molar-refractivity contribution in [1.29, 1.82) is 0 Å². The van der Waals surface area contributed by atoms with Gasteiger partial charge in [-0.15, -0.1) is 0 Å². The molecule has 0 radical (unpaired) electrons. The summed E-state index contributed by atoms with van der Waals surface area (Å²) in [5, 5.41) is 0. The van der Waals surface area contributed by atoms with Gasteiger partial charge in [-0.3, -0.25) is 0 Å². The molecule has 4 unspecified atom stereocenters. The first-order chi connectivity index (χ1) is 60.5. The highest BCUT2D eigenvalue weighted by atomic mass is 16.5. The number of rotatable bonds is 35. The van der Waals surface area contributed by atoms with E-state index in [9.17, 15) is 0 Å². The van der Waals surface area contributed by atoms with Crippen LogP contribution in [0.1, 0.15) is 286 Å². The number of nitrogens with zero attached hydrogens (tertiary/aromatic N) is 2. The minimum Gasteiger partial charge on any atom is -0.496 e. The molecule has 0 spiro atoms. The molecule has 13 nitrogen and oxygen atoms in total. The van der Waals surface area contributed by atoms with Crippen molar-refractivity contribution in [2.75, 3.05) is 56.9 Å². The van der Waals surface area contributed by atoms with Crippen LogP contribution in [0.3, 0.4) is 0 Å². The van der Waals surface area contributed by atoms with Crippen LogP contribution in [0.2, 0.25) is 0 Å². The van der Waals surface area contributed by atoms with Crippen LogP contribution in [0, 0.1) is 41.5 Å². The molecule has 648 valence electrons. The molecule has 0 saturated heterocycles. The van der Waals surface area contributed by atoms with E-state index >= 15 is 0 Å². The van der Waals surface area contributed by atoms with E-state index in [2.05, 4.69) is 249 Å². The molecule has 11 aromatic rings. The van der Waals surface area contributed by atoms with Gasteiger partial charge in [-0.05, 0) is 174 Å². The zero-order valence-electron chi connectivity index (χ0n) is 76.9. The summed E-state index contributed by atoms with van der Waals surface area (Å²) in [4.78, 5) is 19.4. The number of unbranched alkanes of at least 4 members (excludes halogenated alkanes) is 12. The van der Waals surface area contributed by atoms with Crippen molar-refractivity contribution in [3.63, 3.8) is 0 Å². The molecule has 3 aromatic heterocycles. The van der Waals surface area contributed by atoms with Gasteiger partial charge in [0.05, 0.1) is 85.2 Å². The van der Waals surface area contributed by atoms with E-state index in [0.29, 0.717) is 17.2 Å². The second-order valence-corrected chi connectivity index (χ2v) is 34.4. The summed E-state index contributed by atoms with van der Waals surface area (Å²) in [6.07, 6.45) is 28.9. The molecule has 0 fully saturated rings. The van der Waals surface area contributed by atoms with Crippen LogP contribution in [0.4, 0.5) is 0 Å². The fourth-order valence-corrected chi connectivity index (χ4v) is 20.1. The molecule has 16 bridgehead atoms. The first kappa shape index (κ1) is 88.9. The van der Waals surface area contributed by atoms with Gasteiger partial charge in [-0.2, -0.15) is 0 Å². The zero-order chi connectivity index (χ0) is 87.2. The standard InChI is InChI=1S/C111H130N4O9/c1-19-23-27-31-38-79-83-63-84(105(117-12)71(8)104(83)116-11)80(39-32-28-24-20-2)86-65-88(109(121-16)73(10)107(86)119-14)82(41-34-30-26-22-4)90-66-89(81(40-33-29-25-21-3)87-64-85(79)106(118-13)72(9)108(87)120-15)110(122-17)91(111(90)123-18)67-124-78-37-35-36-77(62-78)103-98-60-58-96(114-98)101(75-50-44-69(6)45-51-75)94-56-54-92(112-94)100(74-48-42-68(5)43-49-74)93-55-57-95(113-93)102(97-59-61-99(103)115-97)76-52-46-70(7)47-53-76/h35-37,42-66,79-82,112,115H,19-34,38-41,67H2,1-18H3. The Balaban J connectivity index is 1.04. The summed E-state index contributed by atoms with van der Waals surface area (Å²) in [5.41, 5.74) is 30.6. The number of H-pyrrole nitrogens is 2. The van der Waals surface area contributed by atoms with Gasteiger partial charge in [0.15, 0.2) is 0 Å². The predicted molar refractivity (Wildman–Crippen MR) is 514 cm³/mol. The first-order valence-electron chi connectivity index (χ1n) is 45.6. The van der Waals surface area contributed by atoms with E-state index in [4.69, 9.17) is 52.6 Å². The summed E-state index contributed by atoms with van der Waals surface area (Å²) in [6, 6.07) is 53.4. The molecule has 124 heavy (non-hydrogen) atoms. The summed E-state index contributed by atoms with van der Waals surface area (Å²) < 4.78 is 63.1. The maximum absolute atomic E-state index is 7.59. The Bertz CT molecular complexity index is 5650. The summed E-state index contributed by atoms with van der Waals surface area (Å²) in [7, 11) is 14.6. The number of methoxy groups -OCH3 is 8. The average molecular weight is 1660 g/mol. The van der Waals surface area contributed by atoms with E-state index in [1.165, 1.54) is 16.7 Å². The molecule has 5 heterocycles. The Labute approximate surface area is 737 Å². The highest BCUT2D eigenvalue weighted by Gasteiger charge is 2.39. The van der Waals surface area contributed by atoms with Crippen LogP contribution in [0.25, 0.3) is 90.9 Å². The SMILES string of the molecule is CCCCCCC1c2cc(c(OC)c(C)c2OC)C(CCCCCC)c2cc(c(OC)c(C)c2OC)C(CCCCCC)c2cc(c(OC)c(COc3cccc(-c4c5nc(c(-c6ccc(C)cc6)c6ccc([nH]6)c(-c6ccc(C)cc6)c6nc(c(-c7ccc(C)cc7)c7ccc4[nH]7)C=C6)C=C5)c3)c2OC)C(CCCCCC)c2cc1c(OC)c(C)c2OC. The lowest BCUT2D eigenvalue weighted by Crippen LogP contribution is -2.17. The molecule has 1 aliphatic carbocycles. The second kappa shape index (κ2) is 40.9. The van der Waals surface area contributed by atoms with Gasteiger partial charge in [0.25, 0.3) is 0 Å². The zero-order valence-corrected chi connectivity index (χ0v) is 76.9. The minimum absolute atomic E-state index is 0.0728. The van der Waals surface area contributed by atoms with E-state index in [-0.39, 0.29) is 30.3 Å². The van der Waals surface area contributed by atoms with Crippen LogP contribution in [0.15, 0.2) is 146 Å². The Morgan fingerprint density at radius 3 is 0.790 bits per heavy atom. The van der Waals surface area contributed by atoms with Crippen molar-refractivity contribution in [3.8, 4) is 96.3 Å². The topological polar surface area (TPSA) is 140 Å². The van der Waals surface area contributed by atoms with Crippen LogP contribution in [-0.2, 0) is 6.61 Å². The molecule has 2 aliphatic heterocycles. The third-order valence-electron chi connectivity index (χ3n) is 26.2. The maximum atomic E-state index is 7.59. The minimum atomic E-state index is -0.283. The number of aryl methyl sites for hydroxylation is 3. The number of hydrogen-bond acceptors (Lipinski definition) is 11. The molecule has 3 aliphatic rings. The fraction of sp³-hybridized carbons (Fsp3) is 0.387. The van der Waals surface area contributed by atoms with Crippen molar-refractivity contribution >= 4 is 46.4 Å². The Morgan fingerprint density at radius 1 is 0.274 bits per heavy atom. The van der Waals surface area contributed by atoms with E-state index in [0.717, 1.165) is 319 Å². The van der Waals surface area contributed by atoms with Crippen molar-refractivity contribution in [2.45, 2.75) is 228 Å². The predicted octanol–water partition coefficient (Wildman–Crippen LogP) is 29.5. The molecule has 8 aromatic carbocycles. The lowest BCUT2D eigenvalue weighted by Gasteiger charge is -2.34. The van der Waals surface area contributed by atoms with Crippen LogP contribution in [-0.4, -0.2) is 76.8 Å². The normalized spacial score (nSPS) is 14.7. The van der Waals surface area contributed by atoms with Gasteiger partial charge < -0.3 is 52.6 Å². The number of benzene rings is 8. The van der Waals surface area contributed by atoms with E-state index in [1.807, 2.05) is 56.9 Å². The largest absolute Gasteiger partial charge is 0.496 e. The van der Waals surface area contributed by atoms with E-state index < -0.39 is 0 Å². The number of nitrogens with one attached hydrogen (secondary N) is 2. The number of fused-ring (bicyclic) bond motifs is 16. The summed E-state index contributed by atoms with van der Waals surface area (Å²) in [5.74, 6) is 5.93. The highest BCUT2D eigenvalue weighted by Crippen LogP contribution is 2.58. The lowest BCUT2D eigenvalue weighted by molar-refractivity contribution is 0.284. The molecule has 4 atom stereocenters. The lowest BCUT2D eigenvalue weighted by atomic mass is 9.74. The summed E-state index contributed by atoms with van der Waals surface area (Å²) in [6.45, 7) is 22.2.